The Balaban J connectivity index is 2.11. The van der Waals surface area contributed by atoms with Crippen molar-refractivity contribution in [2.24, 2.45) is 0 Å². The molecule has 1 heteroatoms. The number of aryl methyl sites for hydroxylation is 1. The zero-order valence-electron chi connectivity index (χ0n) is 15.4. The van der Waals surface area contributed by atoms with Crippen LogP contribution in [0.4, 0.5) is 5.69 Å². The number of anilines is 1. The topological polar surface area (TPSA) is 26.0 Å². The molecule has 2 N–H and O–H groups in total. The molecule has 1 unspecified atom stereocenters. The molecule has 0 radical (unpaired) electrons. The van der Waals surface area contributed by atoms with Crippen molar-refractivity contribution in [3.8, 4) is 0 Å². The molecule has 24 heavy (non-hydrogen) atoms. The third-order valence-corrected chi connectivity index (χ3v) is 4.89. The molecule has 0 amide bonds. The fourth-order valence-electron chi connectivity index (χ4n) is 3.35. The lowest BCUT2D eigenvalue weighted by Gasteiger charge is -2.19. The van der Waals surface area contributed by atoms with Crippen LogP contribution < -0.4 is 5.73 Å². The van der Waals surface area contributed by atoms with Crippen molar-refractivity contribution in [2.75, 3.05) is 5.73 Å². The first-order valence-electron chi connectivity index (χ1n) is 9.68. The average Bonchev–Trinajstić information content (AvgIpc) is 2.61. The zero-order valence-corrected chi connectivity index (χ0v) is 15.4. The van der Waals surface area contributed by atoms with Gasteiger partial charge in [0.2, 0.25) is 0 Å². The quantitative estimate of drug-likeness (QED) is 0.381. The first-order chi connectivity index (χ1) is 11.7. The summed E-state index contributed by atoms with van der Waals surface area (Å²) >= 11 is 0. The second-order valence-corrected chi connectivity index (χ2v) is 6.91. The molecule has 1 nitrogen and oxygen atoms in total. The molecule has 0 aliphatic heterocycles. The maximum Gasteiger partial charge on any atom is 0.0314 e. The molecule has 0 bridgehead atoms. The minimum atomic E-state index is 0.488. The van der Waals surface area contributed by atoms with Crippen LogP contribution in [0.3, 0.4) is 0 Å². The van der Waals surface area contributed by atoms with E-state index in [1.165, 1.54) is 68.1 Å². The monoisotopic (exact) mass is 323 g/mol. The summed E-state index contributed by atoms with van der Waals surface area (Å²) in [7, 11) is 0. The van der Waals surface area contributed by atoms with Crippen molar-refractivity contribution in [2.45, 2.75) is 71.1 Å². The molecule has 130 valence electrons. The number of benzene rings is 2. The molecule has 0 heterocycles. The molecular formula is C23H33N. The molecule has 0 saturated heterocycles. The lowest BCUT2D eigenvalue weighted by molar-refractivity contribution is 0.618. The summed E-state index contributed by atoms with van der Waals surface area (Å²) in [6.45, 7) is 4.53. The first-order valence-corrected chi connectivity index (χ1v) is 9.68. The molecule has 0 aliphatic rings. The van der Waals surface area contributed by atoms with Crippen molar-refractivity contribution in [3.05, 3.63) is 65.2 Å². The molecule has 0 saturated carbocycles. The normalized spacial score (nSPS) is 12.2. The second-order valence-electron chi connectivity index (χ2n) is 6.91. The maximum atomic E-state index is 5.86. The Morgan fingerprint density at radius 1 is 0.708 bits per heavy atom. The third kappa shape index (κ3) is 5.70. The molecule has 0 aromatic heterocycles. The fraction of sp³-hybridized carbons (Fsp3) is 0.478. The zero-order chi connectivity index (χ0) is 17.2. The van der Waals surface area contributed by atoms with E-state index in [1.807, 2.05) is 12.1 Å². The van der Waals surface area contributed by atoms with Gasteiger partial charge in [0.15, 0.2) is 0 Å². The van der Waals surface area contributed by atoms with E-state index < -0.39 is 0 Å². The van der Waals surface area contributed by atoms with Crippen LogP contribution in [0.15, 0.2) is 48.5 Å². The predicted octanol–water partition coefficient (Wildman–Crippen LogP) is 6.71. The van der Waals surface area contributed by atoms with Crippen LogP contribution in [0.1, 0.15) is 81.4 Å². The van der Waals surface area contributed by atoms with E-state index in [2.05, 4.69) is 50.2 Å². The van der Waals surface area contributed by atoms with E-state index in [0.29, 0.717) is 5.92 Å². The molecule has 0 aliphatic carbocycles. The van der Waals surface area contributed by atoms with Gasteiger partial charge in [-0.15, -0.1) is 0 Å². The summed E-state index contributed by atoms with van der Waals surface area (Å²) in [6.07, 6.45) is 10.2. The number of nitrogen functional groups attached to an aromatic ring is 1. The van der Waals surface area contributed by atoms with E-state index in [-0.39, 0.29) is 0 Å². The highest BCUT2D eigenvalue weighted by atomic mass is 14.5. The van der Waals surface area contributed by atoms with Gasteiger partial charge in [-0.2, -0.15) is 0 Å². The lowest BCUT2D eigenvalue weighted by Crippen LogP contribution is -2.02. The molecule has 2 aromatic carbocycles. The largest absolute Gasteiger partial charge is 0.399 e. The Bertz CT molecular complexity index is 568. The lowest BCUT2D eigenvalue weighted by atomic mass is 9.86. The van der Waals surface area contributed by atoms with E-state index in [4.69, 9.17) is 5.73 Å². The Morgan fingerprint density at radius 2 is 1.25 bits per heavy atom. The molecule has 0 spiro atoms. The van der Waals surface area contributed by atoms with Gasteiger partial charge in [-0.05, 0) is 48.1 Å². The van der Waals surface area contributed by atoms with Gasteiger partial charge >= 0.3 is 0 Å². The summed E-state index contributed by atoms with van der Waals surface area (Å²) in [5, 5.41) is 0. The van der Waals surface area contributed by atoms with E-state index >= 15 is 0 Å². The highest BCUT2D eigenvalue weighted by molar-refractivity contribution is 5.43. The number of rotatable bonds is 10. The SMILES string of the molecule is CCCCCc1ccc(C(CCCCC)c2ccc(N)cc2)cc1. The average molecular weight is 324 g/mol. The van der Waals surface area contributed by atoms with Crippen molar-refractivity contribution in [1.29, 1.82) is 0 Å². The van der Waals surface area contributed by atoms with E-state index in [1.54, 1.807) is 0 Å². The van der Waals surface area contributed by atoms with Gasteiger partial charge in [-0.1, -0.05) is 82.3 Å². The molecule has 1 atom stereocenters. The Labute approximate surface area is 148 Å². The predicted molar refractivity (Wildman–Crippen MR) is 107 cm³/mol. The summed E-state index contributed by atoms with van der Waals surface area (Å²) in [4.78, 5) is 0. The van der Waals surface area contributed by atoms with Gasteiger partial charge in [0.1, 0.15) is 0 Å². The smallest absolute Gasteiger partial charge is 0.0314 e. The fourth-order valence-corrected chi connectivity index (χ4v) is 3.35. The van der Waals surface area contributed by atoms with Gasteiger partial charge in [0.25, 0.3) is 0 Å². The van der Waals surface area contributed by atoms with Gasteiger partial charge in [0, 0.05) is 11.6 Å². The summed E-state index contributed by atoms with van der Waals surface area (Å²) in [5.41, 5.74) is 11.0. The van der Waals surface area contributed by atoms with Crippen LogP contribution in [-0.4, -0.2) is 0 Å². The first kappa shape index (κ1) is 18.6. The van der Waals surface area contributed by atoms with Crippen LogP contribution in [-0.2, 0) is 6.42 Å². The van der Waals surface area contributed by atoms with Crippen LogP contribution in [0, 0.1) is 0 Å². The second kappa shape index (κ2) is 10.2. The summed E-state index contributed by atoms with van der Waals surface area (Å²) in [5.74, 6) is 0.488. The third-order valence-electron chi connectivity index (χ3n) is 4.89. The molecular weight excluding hydrogens is 290 g/mol. The summed E-state index contributed by atoms with van der Waals surface area (Å²) in [6, 6.07) is 17.8. The van der Waals surface area contributed by atoms with Gasteiger partial charge < -0.3 is 5.73 Å². The van der Waals surface area contributed by atoms with Crippen LogP contribution in [0.25, 0.3) is 0 Å². The number of unbranched alkanes of at least 4 members (excludes halogenated alkanes) is 4. The van der Waals surface area contributed by atoms with Crippen molar-refractivity contribution in [3.63, 3.8) is 0 Å². The van der Waals surface area contributed by atoms with Crippen molar-refractivity contribution in [1.82, 2.24) is 0 Å². The maximum absolute atomic E-state index is 5.86. The van der Waals surface area contributed by atoms with E-state index in [0.717, 1.165) is 5.69 Å². The minimum Gasteiger partial charge on any atom is -0.399 e. The van der Waals surface area contributed by atoms with Crippen LogP contribution in [0.5, 0.6) is 0 Å². The summed E-state index contributed by atoms with van der Waals surface area (Å²) < 4.78 is 0. The van der Waals surface area contributed by atoms with Gasteiger partial charge in [-0.3, -0.25) is 0 Å². The van der Waals surface area contributed by atoms with E-state index in [9.17, 15) is 0 Å². The Morgan fingerprint density at radius 3 is 1.83 bits per heavy atom. The highest BCUT2D eigenvalue weighted by Crippen LogP contribution is 2.31. The minimum absolute atomic E-state index is 0.488. The number of hydrogen-bond acceptors (Lipinski definition) is 1. The Kier molecular flexibility index (Phi) is 7.88. The highest BCUT2D eigenvalue weighted by Gasteiger charge is 2.14. The van der Waals surface area contributed by atoms with Gasteiger partial charge in [0.05, 0.1) is 0 Å². The van der Waals surface area contributed by atoms with Crippen molar-refractivity contribution >= 4 is 5.69 Å². The van der Waals surface area contributed by atoms with Crippen LogP contribution in [0.2, 0.25) is 0 Å². The molecule has 2 rings (SSSR count). The molecule has 2 aromatic rings. The van der Waals surface area contributed by atoms with Crippen molar-refractivity contribution < 1.29 is 0 Å². The standard InChI is InChI=1S/C23H33N/c1-3-5-7-9-19-11-13-20(14-12-19)23(10-8-6-4-2)21-15-17-22(24)18-16-21/h11-18,23H,3-10,24H2,1-2H3. The van der Waals surface area contributed by atoms with Crippen LogP contribution >= 0.6 is 0 Å². The Hall–Kier alpha value is -1.76. The molecule has 0 fully saturated rings. The van der Waals surface area contributed by atoms with Gasteiger partial charge in [-0.25, -0.2) is 0 Å². The number of hydrogen-bond donors (Lipinski definition) is 1. The number of nitrogens with two attached hydrogens (primary N) is 1.